The number of ether oxygens (including phenoxy) is 4. The smallest absolute Gasteiger partial charge is 0.408 e. The Morgan fingerprint density at radius 3 is 2.05 bits per heavy atom. The molecule has 1 aliphatic rings. The molecule has 2 atom stereocenters. The average Bonchev–Trinajstić information content (AvgIpc) is 3.52. The first-order valence-corrected chi connectivity index (χ1v) is 19.7. The van der Waals surface area contributed by atoms with Crippen LogP contribution in [0.25, 0.3) is 11.1 Å². The molecule has 316 valence electrons. The summed E-state index contributed by atoms with van der Waals surface area (Å²) in [6, 6.07) is 22.7. The highest BCUT2D eigenvalue weighted by Crippen LogP contribution is 2.44. The third kappa shape index (κ3) is 14.4. The van der Waals surface area contributed by atoms with E-state index in [9.17, 15) is 28.8 Å². The Morgan fingerprint density at radius 2 is 1.44 bits per heavy atom. The minimum atomic E-state index is -1.25. The first-order valence-electron chi connectivity index (χ1n) is 19.7. The summed E-state index contributed by atoms with van der Waals surface area (Å²) in [6.45, 7) is 11.1. The molecule has 0 radical (unpaired) electrons. The molecule has 0 aromatic heterocycles. The first-order chi connectivity index (χ1) is 28.2. The number of alkyl carbamates (subject to hydrolysis) is 2. The Morgan fingerprint density at radius 1 is 0.814 bits per heavy atom. The molecule has 3 aromatic carbocycles. The third-order valence-electron chi connectivity index (χ3n) is 9.23. The molecule has 0 saturated carbocycles. The van der Waals surface area contributed by atoms with E-state index in [1.54, 1.807) is 20.8 Å². The second kappa shape index (κ2) is 22.2. The maximum absolute atomic E-state index is 13.9. The zero-order valence-electron chi connectivity index (χ0n) is 34.5. The number of esters is 1. The number of hydrogen-bond acceptors (Lipinski definition) is 10. The van der Waals surface area contributed by atoms with Crippen LogP contribution in [0.4, 0.5) is 9.59 Å². The van der Waals surface area contributed by atoms with Gasteiger partial charge in [0.1, 0.15) is 30.9 Å². The molecule has 14 nitrogen and oxygen atoms in total. The summed E-state index contributed by atoms with van der Waals surface area (Å²) in [5.74, 6) is -2.75. The first kappa shape index (κ1) is 45.7. The SMILES string of the molecule is C=CCOC(=O)N[C@@H](COCc1ccccc1)C(=O)NCC(=O)N(CCC(=O)CNC(=O)OCC1c2ccccc2-c2ccccc21)[C@@H](CC(C)C)C(=O)OC(C)(C)C. The van der Waals surface area contributed by atoms with Crippen LogP contribution in [-0.2, 0) is 44.7 Å². The van der Waals surface area contributed by atoms with E-state index in [4.69, 9.17) is 18.9 Å². The molecule has 0 spiro atoms. The number of Topliss-reactive ketones (excluding diaryl/α,β-unsaturated/α-hetero) is 1. The number of fused-ring (bicyclic) bond motifs is 3. The highest BCUT2D eigenvalue weighted by molar-refractivity contribution is 5.92. The van der Waals surface area contributed by atoms with Gasteiger partial charge in [-0.3, -0.25) is 14.4 Å². The summed E-state index contributed by atoms with van der Waals surface area (Å²) in [5, 5.41) is 7.49. The maximum Gasteiger partial charge on any atom is 0.408 e. The van der Waals surface area contributed by atoms with E-state index < -0.39 is 60.0 Å². The predicted octanol–water partition coefficient (Wildman–Crippen LogP) is 5.68. The summed E-state index contributed by atoms with van der Waals surface area (Å²) in [5.41, 5.74) is 4.23. The van der Waals surface area contributed by atoms with Crippen molar-refractivity contribution in [2.75, 3.05) is 39.5 Å². The third-order valence-corrected chi connectivity index (χ3v) is 9.23. The van der Waals surface area contributed by atoms with Crippen LogP contribution >= 0.6 is 0 Å². The number of nitrogens with one attached hydrogen (secondary N) is 3. The van der Waals surface area contributed by atoms with E-state index >= 15 is 0 Å². The lowest BCUT2D eigenvalue weighted by atomic mass is 9.98. The Hall–Kier alpha value is -6.02. The van der Waals surface area contributed by atoms with Crippen LogP contribution in [0.3, 0.4) is 0 Å². The van der Waals surface area contributed by atoms with Crippen LogP contribution in [-0.4, -0.2) is 97.8 Å². The van der Waals surface area contributed by atoms with Crippen LogP contribution in [0, 0.1) is 5.92 Å². The van der Waals surface area contributed by atoms with Crippen LogP contribution in [0.2, 0.25) is 0 Å². The van der Waals surface area contributed by atoms with Crippen molar-refractivity contribution in [3.05, 3.63) is 108 Å². The highest BCUT2D eigenvalue weighted by atomic mass is 16.6. The van der Waals surface area contributed by atoms with Gasteiger partial charge in [0.15, 0.2) is 5.78 Å². The van der Waals surface area contributed by atoms with Gasteiger partial charge in [-0.2, -0.15) is 0 Å². The molecule has 0 fully saturated rings. The Balaban J connectivity index is 1.40. The van der Waals surface area contributed by atoms with Gasteiger partial charge in [0, 0.05) is 18.9 Å². The quantitative estimate of drug-likeness (QED) is 0.0689. The van der Waals surface area contributed by atoms with E-state index in [0.29, 0.717) is 0 Å². The summed E-state index contributed by atoms with van der Waals surface area (Å²) >= 11 is 0. The fourth-order valence-corrected chi connectivity index (χ4v) is 6.53. The number of hydrogen-bond donors (Lipinski definition) is 3. The molecule has 0 unspecified atom stereocenters. The normalized spacial score (nSPS) is 12.9. The highest BCUT2D eigenvalue weighted by Gasteiger charge is 2.35. The molecule has 0 bridgehead atoms. The van der Waals surface area contributed by atoms with E-state index in [1.165, 1.54) is 11.0 Å². The van der Waals surface area contributed by atoms with Crippen molar-refractivity contribution in [3.63, 3.8) is 0 Å². The Bertz CT molecular complexity index is 1880. The van der Waals surface area contributed by atoms with Crippen molar-refractivity contribution in [2.24, 2.45) is 5.92 Å². The molecule has 4 rings (SSSR count). The number of benzene rings is 3. The molecule has 59 heavy (non-hydrogen) atoms. The van der Waals surface area contributed by atoms with Crippen LogP contribution in [0.5, 0.6) is 0 Å². The largest absolute Gasteiger partial charge is 0.458 e. The molecular weight excluding hydrogens is 757 g/mol. The summed E-state index contributed by atoms with van der Waals surface area (Å²) in [7, 11) is 0. The van der Waals surface area contributed by atoms with E-state index in [-0.39, 0.29) is 64.2 Å². The molecule has 3 N–H and O–H groups in total. The second-order valence-electron chi connectivity index (χ2n) is 15.5. The van der Waals surface area contributed by atoms with Gasteiger partial charge < -0.3 is 39.8 Å². The Labute approximate surface area is 346 Å². The van der Waals surface area contributed by atoms with Crippen LogP contribution in [0.15, 0.2) is 91.5 Å². The summed E-state index contributed by atoms with van der Waals surface area (Å²) < 4.78 is 22.0. The van der Waals surface area contributed by atoms with Crippen molar-refractivity contribution in [2.45, 2.75) is 77.7 Å². The fraction of sp³-hybridized carbons (Fsp3) is 0.422. The number of amides is 4. The molecule has 0 heterocycles. The van der Waals surface area contributed by atoms with Gasteiger partial charge in [-0.25, -0.2) is 14.4 Å². The number of carbonyl (C=O) groups is 6. The summed E-state index contributed by atoms with van der Waals surface area (Å²) in [6.07, 6.45) is -0.324. The monoisotopic (exact) mass is 812 g/mol. The Kier molecular flexibility index (Phi) is 17.2. The van der Waals surface area contributed by atoms with Crippen molar-refractivity contribution in [1.29, 1.82) is 0 Å². The zero-order valence-corrected chi connectivity index (χ0v) is 34.5. The number of rotatable bonds is 21. The lowest BCUT2D eigenvalue weighted by molar-refractivity contribution is -0.165. The standard InChI is InChI=1S/C45H56N4O10/c1-7-23-57-44(55)48-38(29-56-27-31-15-9-8-10-16-31)41(52)46-26-40(51)49(39(24-30(2)3)42(53)59-45(4,5)6)22-21-32(50)25-47-43(54)58-28-37-35-19-13-11-17-33(35)34-18-12-14-20-36(34)37/h7-20,30,37-39H,1,21-29H2,2-6H3,(H,46,52)(H,47,54)(H,48,55)/t38-,39-/m0/s1. The van der Waals surface area contributed by atoms with Gasteiger partial charge in [-0.05, 0) is 60.9 Å². The van der Waals surface area contributed by atoms with E-state index in [1.807, 2.05) is 92.7 Å². The van der Waals surface area contributed by atoms with Crippen LogP contribution in [0.1, 0.15) is 70.1 Å². The average molecular weight is 813 g/mol. The minimum Gasteiger partial charge on any atom is -0.458 e. The number of ketones is 1. The topological polar surface area (TPSA) is 179 Å². The van der Waals surface area contributed by atoms with Crippen molar-refractivity contribution in [3.8, 4) is 11.1 Å². The zero-order chi connectivity index (χ0) is 43.0. The predicted molar refractivity (Wildman–Crippen MR) is 221 cm³/mol. The summed E-state index contributed by atoms with van der Waals surface area (Å²) in [4.78, 5) is 80.5. The van der Waals surface area contributed by atoms with E-state index in [2.05, 4.69) is 22.5 Å². The molecule has 1 aliphatic carbocycles. The van der Waals surface area contributed by atoms with Gasteiger partial charge >= 0.3 is 18.2 Å². The van der Waals surface area contributed by atoms with Crippen molar-refractivity contribution in [1.82, 2.24) is 20.9 Å². The van der Waals surface area contributed by atoms with Crippen LogP contribution < -0.4 is 16.0 Å². The molecule has 14 heteroatoms. The molecule has 3 aromatic rings. The van der Waals surface area contributed by atoms with Gasteiger partial charge in [0.05, 0.1) is 26.3 Å². The maximum atomic E-state index is 13.9. The second-order valence-corrected chi connectivity index (χ2v) is 15.5. The van der Waals surface area contributed by atoms with Crippen molar-refractivity contribution >= 4 is 35.8 Å². The minimum absolute atomic E-state index is 0.0692. The molecule has 0 saturated heterocycles. The van der Waals surface area contributed by atoms with Gasteiger partial charge in [-0.15, -0.1) is 0 Å². The number of nitrogens with zero attached hydrogens (tertiary/aromatic N) is 1. The molecule has 4 amide bonds. The fourth-order valence-electron chi connectivity index (χ4n) is 6.53. The molecule has 0 aliphatic heterocycles. The number of carbonyl (C=O) groups excluding carboxylic acids is 6. The van der Waals surface area contributed by atoms with Gasteiger partial charge in [-0.1, -0.05) is 105 Å². The molecular formula is C45H56N4O10. The van der Waals surface area contributed by atoms with Gasteiger partial charge in [0.25, 0.3) is 0 Å². The van der Waals surface area contributed by atoms with Gasteiger partial charge in [0.2, 0.25) is 11.8 Å². The van der Waals surface area contributed by atoms with E-state index in [0.717, 1.165) is 27.8 Å². The van der Waals surface area contributed by atoms with Crippen molar-refractivity contribution < 1.29 is 47.7 Å². The lowest BCUT2D eigenvalue weighted by Crippen LogP contribution is -2.54. The lowest BCUT2D eigenvalue weighted by Gasteiger charge is -2.33.